The molecule has 1 saturated heterocycles. The van der Waals surface area contributed by atoms with Gasteiger partial charge in [-0.3, -0.25) is 14.6 Å². The van der Waals surface area contributed by atoms with Crippen molar-refractivity contribution in [1.82, 2.24) is 9.88 Å². The monoisotopic (exact) mass is 529 g/mol. The Hall–Kier alpha value is -2.33. The number of carbonyl (C=O) groups excluding carboxylic acids is 1. The standard InChI is InChI=1S/C27H35N3O4S2/c1-20-7-11-23(12-8-20)36(32,33)19-4-6-24(31)30(14-5-13-29-15-17-34-18-16-29)27-28-25-21(2)9-10-22(3)26(25)35-27/h7-12H,4-6,13-19H2,1-3H3. The molecule has 0 unspecified atom stereocenters. The van der Waals surface area contributed by atoms with Crippen molar-refractivity contribution >= 4 is 42.4 Å². The minimum atomic E-state index is -3.43. The van der Waals surface area contributed by atoms with E-state index in [0.29, 0.717) is 16.6 Å². The maximum absolute atomic E-state index is 13.4. The van der Waals surface area contributed by atoms with E-state index in [9.17, 15) is 13.2 Å². The van der Waals surface area contributed by atoms with Crippen LogP contribution < -0.4 is 4.90 Å². The summed E-state index contributed by atoms with van der Waals surface area (Å²) in [6.07, 6.45) is 1.26. The first-order valence-corrected chi connectivity index (χ1v) is 15.0. The normalized spacial score (nSPS) is 14.9. The molecule has 1 aromatic heterocycles. The summed E-state index contributed by atoms with van der Waals surface area (Å²) >= 11 is 1.54. The number of aromatic nitrogens is 1. The van der Waals surface area contributed by atoms with Gasteiger partial charge in [0.05, 0.1) is 34.1 Å². The van der Waals surface area contributed by atoms with Crippen LogP contribution >= 0.6 is 11.3 Å². The molecule has 1 amide bonds. The van der Waals surface area contributed by atoms with Gasteiger partial charge >= 0.3 is 0 Å². The lowest BCUT2D eigenvalue weighted by Crippen LogP contribution is -2.39. The third-order valence-electron chi connectivity index (χ3n) is 6.61. The number of rotatable bonds is 10. The summed E-state index contributed by atoms with van der Waals surface area (Å²) in [6.45, 7) is 10.8. The summed E-state index contributed by atoms with van der Waals surface area (Å²) in [5, 5.41) is 0.691. The number of nitrogens with zero attached hydrogens (tertiary/aromatic N) is 3. The molecule has 0 atom stereocenters. The minimum Gasteiger partial charge on any atom is -0.379 e. The highest BCUT2D eigenvalue weighted by Crippen LogP contribution is 2.33. The summed E-state index contributed by atoms with van der Waals surface area (Å²) in [7, 11) is -3.43. The van der Waals surface area contributed by atoms with Crippen LogP contribution in [0.3, 0.4) is 0 Å². The summed E-state index contributed by atoms with van der Waals surface area (Å²) in [5.74, 6) is -0.132. The Labute approximate surface area is 218 Å². The predicted molar refractivity (Wildman–Crippen MR) is 146 cm³/mol. The summed E-state index contributed by atoms with van der Waals surface area (Å²) in [6, 6.07) is 11.0. The number of anilines is 1. The molecule has 1 fully saturated rings. The van der Waals surface area contributed by atoms with Crippen LogP contribution in [0, 0.1) is 20.8 Å². The number of amides is 1. The van der Waals surface area contributed by atoms with E-state index in [1.165, 1.54) is 11.3 Å². The van der Waals surface area contributed by atoms with Crippen molar-refractivity contribution < 1.29 is 17.9 Å². The average molecular weight is 530 g/mol. The third kappa shape index (κ3) is 6.51. The summed E-state index contributed by atoms with van der Waals surface area (Å²) in [5.41, 5.74) is 4.17. The van der Waals surface area contributed by atoms with Gasteiger partial charge in [0.25, 0.3) is 0 Å². The molecule has 2 aromatic carbocycles. The minimum absolute atomic E-state index is 0.0541. The summed E-state index contributed by atoms with van der Waals surface area (Å²) < 4.78 is 32.0. The van der Waals surface area contributed by atoms with E-state index in [0.717, 1.165) is 66.2 Å². The lowest BCUT2D eigenvalue weighted by molar-refractivity contribution is -0.118. The number of carbonyl (C=O) groups is 1. The van der Waals surface area contributed by atoms with E-state index in [1.807, 2.05) is 13.8 Å². The molecule has 0 aliphatic carbocycles. The quantitative estimate of drug-likeness (QED) is 0.384. The van der Waals surface area contributed by atoms with Gasteiger partial charge in [0.2, 0.25) is 5.91 Å². The average Bonchev–Trinajstić information content (AvgIpc) is 3.31. The molecular formula is C27H35N3O4S2. The van der Waals surface area contributed by atoms with Gasteiger partial charge < -0.3 is 4.74 Å². The zero-order valence-corrected chi connectivity index (χ0v) is 23.0. The molecule has 0 bridgehead atoms. The number of aryl methyl sites for hydroxylation is 3. The van der Waals surface area contributed by atoms with Crippen molar-refractivity contribution in [3.05, 3.63) is 53.1 Å². The first-order valence-electron chi connectivity index (χ1n) is 12.5. The fourth-order valence-corrected chi connectivity index (χ4v) is 6.85. The van der Waals surface area contributed by atoms with Crippen LogP contribution in [0.15, 0.2) is 41.3 Å². The summed E-state index contributed by atoms with van der Waals surface area (Å²) in [4.78, 5) is 22.7. The molecule has 0 spiro atoms. The molecule has 3 aromatic rings. The van der Waals surface area contributed by atoms with Gasteiger partial charge in [-0.25, -0.2) is 13.4 Å². The van der Waals surface area contributed by atoms with Crippen molar-refractivity contribution in [3.8, 4) is 0 Å². The molecule has 0 saturated carbocycles. The molecule has 36 heavy (non-hydrogen) atoms. The maximum atomic E-state index is 13.4. The van der Waals surface area contributed by atoms with Crippen molar-refractivity contribution in [2.24, 2.45) is 0 Å². The van der Waals surface area contributed by atoms with Gasteiger partial charge in [-0.05, 0) is 56.9 Å². The number of thiazole rings is 1. The Morgan fingerprint density at radius 1 is 1.03 bits per heavy atom. The Morgan fingerprint density at radius 2 is 1.72 bits per heavy atom. The second-order valence-electron chi connectivity index (χ2n) is 9.46. The topological polar surface area (TPSA) is 79.8 Å². The molecule has 194 valence electrons. The Kier molecular flexibility index (Phi) is 8.77. The Balaban J connectivity index is 1.46. The van der Waals surface area contributed by atoms with Crippen molar-refractivity contribution in [1.29, 1.82) is 0 Å². The number of ether oxygens (including phenoxy) is 1. The molecule has 0 radical (unpaired) electrons. The van der Waals surface area contributed by atoms with E-state index in [1.54, 1.807) is 29.2 Å². The molecular weight excluding hydrogens is 494 g/mol. The van der Waals surface area contributed by atoms with Gasteiger partial charge in [-0.15, -0.1) is 0 Å². The van der Waals surface area contributed by atoms with Crippen LogP contribution in [0.25, 0.3) is 10.2 Å². The van der Waals surface area contributed by atoms with Crippen LogP contribution in [0.1, 0.15) is 36.0 Å². The van der Waals surface area contributed by atoms with Crippen molar-refractivity contribution in [2.75, 3.05) is 50.0 Å². The zero-order valence-electron chi connectivity index (χ0n) is 21.3. The van der Waals surface area contributed by atoms with E-state index in [2.05, 4.69) is 24.0 Å². The number of fused-ring (bicyclic) bond motifs is 1. The van der Waals surface area contributed by atoms with Gasteiger partial charge in [0.1, 0.15) is 0 Å². The van der Waals surface area contributed by atoms with Gasteiger partial charge in [0.15, 0.2) is 15.0 Å². The molecule has 2 heterocycles. The van der Waals surface area contributed by atoms with Gasteiger partial charge in [-0.1, -0.05) is 41.2 Å². The van der Waals surface area contributed by atoms with Crippen molar-refractivity contribution in [3.63, 3.8) is 0 Å². The van der Waals surface area contributed by atoms with E-state index in [-0.39, 0.29) is 24.5 Å². The number of hydrogen-bond acceptors (Lipinski definition) is 7. The third-order valence-corrected chi connectivity index (χ3v) is 9.64. The molecule has 1 aliphatic rings. The van der Waals surface area contributed by atoms with E-state index in [4.69, 9.17) is 9.72 Å². The number of benzene rings is 2. The Bertz CT molecular complexity index is 1260. The maximum Gasteiger partial charge on any atom is 0.228 e. The van der Waals surface area contributed by atoms with Crippen LogP contribution in [-0.4, -0.2) is 69.4 Å². The second kappa shape index (κ2) is 11.8. The number of sulfone groups is 1. The van der Waals surface area contributed by atoms with Crippen LogP contribution in [0.2, 0.25) is 0 Å². The van der Waals surface area contributed by atoms with E-state index < -0.39 is 9.84 Å². The number of hydrogen-bond donors (Lipinski definition) is 0. The molecule has 4 rings (SSSR count). The highest BCUT2D eigenvalue weighted by Gasteiger charge is 2.23. The van der Waals surface area contributed by atoms with Gasteiger partial charge in [-0.2, -0.15) is 0 Å². The van der Waals surface area contributed by atoms with Crippen LogP contribution in [-0.2, 0) is 19.4 Å². The Morgan fingerprint density at radius 3 is 2.42 bits per heavy atom. The smallest absolute Gasteiger partial charge is 0.228 e. The second-order valence-corrected chi connectivity index (χ2v) is 12.5. The fraction of sp³-hybridized carbons (Fsp3) is 0.481. The zero-order chi connectivity index (χ0) is 25.7. The predicted octanol–water partition coefficient (Wildman–Crippen LogP) is 4.53. The van der Waals surface area contributed by atoms with Crippen LogP contribution in [0.4, 0.5) is 5.13 Å². The van der Waals surface area contributed by atoms with Gasteiger partial charge in [0, 0.05) is 32.6 Å². The van der Waals surface area contributed by atoms with Crippen LogP contribution in [0.5, 0.6) is 0 Å². The molecule has 0 N–H and O–H groups in total. The molecule has 9 heteroatoms. The largest absolute Gasteiger partial charge is 0.379 e. The lowest BCUT2D eigenvalue weighted by Gasteiger charge is -2.27. The first-order chi connectivity index (χ1) is 17.2. The van der Waals surface area contributed by atoms with E-state index >= 15 is 0 Å². The molecule has 1 aliphatic heterocycles. The number of morpholine rings is 1. The fourth-order valence-electron chi connectivity index (χ4n) is 4.38. The molecule has 7 nitrogen and oxygen atoms in total. The highest BCUT2D eigenvalue weighted by molar-refractivity contribution is 7.91. The highest BCUT2D eigenvalue weighted by atomic mass is 32.2. The van der Waals surface area contributed by atoms with Crippen molar-refractivity contribution in [2.45, 2.75) is 44.9 Å². The lowest BCUT2D eigenvalue weighted by atomic mass is 10.1. The first kappa shape index (κ1) is 26.7. The SMILES string of the molecule is Cc1ccc(S(=O)(=O)CCCC(=O)N(CCCN2CCOCC2)c2nc3c(C)ccc(C)c3s2)cc1.